The van der Waals surface area contributed by atoms with Crippen molar-refractivity contribution < 1.29 is 41.7 Å². The summed E-state index contributed by atoms with van der Waals surface area (Å²) in [6.07, 6.45) is 3.43. The Morgan fingerprint density at radius 2 is 1.23 bits per heavy atom. The van der Waals surface area contributed by atoms with Gasteiger partial charge in [0.1, 0.15) is 0 Å². The molecule has 0 aromatic rings. The van der Waals surface area contributed by atoms with Gasteiger partial charge < -0.3 is 0 Å². The second-order valence-corrected chi connectivity index (χ2v) is 3.56. The molecule has 0 saturated heterocycles. The minimum atomic E-state index is -0.744. The SMILES string of the molecule is O=C1C(=O)C2CCCCC2C1=O.[Cd]. The molecule has 0 heterocycles. The van der Waals surface area contributed by atoms with Crippen LogP contribution in [0.4, 0.5) is 0 Å². The first kappa shape index (κ1) is 11.0. The van der Waals surface area contributed by atoms with E-state index in [1.807, 2.05) is 0 Å². The van der Waals surface area contributed by atoms with Crippen LogP contribution in [-0.2, 0) is 41.7 Å². The van der Waals surface area contributed by atoms with E-state index in [-0.39, 0.29) is 39.1 Å². The monoisotopic (exact) mass is 280 g/mol. The van der Waals surface area contributed by atoms with E-state index >= 15 is 0 Å². The zero-order valence-electron chi connectivity index (χ0n) is 7.41. The maximum atomic E-state index is 11.2. The van der Waals surface area contributed by atoms with Gasteiger partial charge in [-0.25, -0.2) is 0 Å². The normalized spacial score (nSPS) is 32.8. The van der Waals surface area contributed by atoms with Crippen molar-refractivity contribution in [3.63, 3.8) is 0 Å². The Balaban J connectivity index is 0.000000845. The molecule has 2 saturated carbocycles. The van der Waals surface area contributed by atoms with E-state index in [2.05, 4.69) is 0 Å². The molecule has 2 rings (SSSR count). The van der Waals surface area contributed by atoms with E-state index in [1.54, 1.807) is 0 Å². The summed E-state index contributed by atoms with van der Waals surface area (Å²) in [5.74, 6) is -2.10. The van der Waals surface area contributed by atoms with Gasteiger partial charge in [0.2, 0.25) is 11.6 Å². The molecule has 0 amide bonds. The molecule has 0 N–H and O–H groups in total. The molecule has 2 unspecified atom stereocenters. The van der Waals surface area contributed by atoms with Crippen LogP contribution in [-0.4, -0.2) is 17.3 Å². The predicted octanol–water partition coefficient (Wildman–Crippen LogP) is 0.511. The summed E-state index contributed by atoms with van der Waals surface area (Å²) in [5, 5.41) is 0. The molecule has 0 aliphatic heterocycles. The van der Waals surface area contributed by atoms with Gasteiger partial charge in [-0.3, -0.25) is 14.4 Å². The molecule has 0 bridgehead atoms. The number of carbonyl (C=O) groups excluding carboxylic acids is 3. The fourth-order valence-corrected chi connectivity index (χ4v) is 2.22. The second kappa shape index (κ2) is 3.98. The molecule has 0 spiro atoms. The largest absolute Gasteiger partial charge is 0.290 e. The Bertz CT molecular complexity index is 246. The van der Waals surface area contributed by atoms with Gasteiger partial charge >= 0.3 is 0 Å². The molecular weight excluding hydrogens is 269 g/mol. The van der Waals surface area contributed by atoms with Crippen LogP contribution < -0.4 is 0 Å². The zero-order chi connectivity index (χ0) is 8.72. The first-order valence-corrected chi connectivity index (χ1v) is 4.34. The van der Waals surface area contributed by atoms with Crippen molar-refractivity contribution >= 4 is 17.3 Å². The molecule has 2 aliphatic rings. The van der Waals surface area contributed by atoms with Gasteiger partial charge in [0.15, 0.2) is 0 Å². The summed E-state index contributed by atoms with van der Waals surface area (Å²) in [6.45, 7) is 0. The molecule has 66 valence electrons. The fourth-order valence-electron chi connectivity index (χ4n) is 2.22. The fraction of sp³-hybridized carbons (Fsp3) is 0.667. The molecule has 2 aliphatic carbocycles. The van der Waals surface area contributed by atoms with E-state index in [0.717, 1.165) is 25.7 Å². The third kappa shape index (κ3) is 1.62. The molecule has 3 nitrogen and oxygen atoms in total. The van der Waals surface area contributed by atoms with Gasteiger partial charge in [0.25, 0.3) is 5.78 Å². The van der Waals surface area contributed by atoms with Crippen molar-refractivity contribution in [2.24, 2.45) is 11.8 Å². The molecule has 2 fully saturated rings. The average Bonchev–Trinajstić information content (AvgIpc) is 2.33. The van der Waals surface area contributed by atoms with Crippen LogP contribution in [0.5, 0.6) is 0 Å². The number of carbonyl (C=O) groups is 3. The van der Waals surface area contributed by atoms with Crippen molar-refractivity contribution in [2.45, 2.75) is 25.7 Å². The first-order valence-electron chi connectivity index (χ1n) is 4.34. The van der Waals surface area contributed by atoms with Crippen LogP contribution in [0.3, 0.4) is 0 Å². The van der Waals surface area contributed by atoms with E-state index < -0.39 is 17.3 Å². The summed E-state index contributed by atoms with van der Waals surface area (Å²) in [6, 6.07) is 0. The molecule has 13 heavy (non-hydrogen) atoms. The van der Waals surface area contributed by atoms with Crippen LogP contribution in [0.25, 0.3) is 0 Å². The number of Topliss-reactive ketones (excluding diaryl/α,β-unsaturated/α-hetero) is 3. The number of hydrogen-bond donors (Lipinski definition) is 0. The summed E-state index contributed by atoms with van der Waals surface area (Å²) in [4.78, 5) is 33.3. The smallest absolute Gasteiger partial charge is 0.264 e. The van der Waals surface area contributed by atoms with E-state index in [1.165, 1.54) is 0 Å². The van der Waals surface area contributed by atoms with Crippen LogP contribution >= 0.6 is 0 Å². The van der Waals surface area contributed by atoms with Crippen LogP contribution in [0.15, 0.2) is 0 Å². The van der Waals surface area contributed by atoms with Crippen molar-refractivity contribution in [1.82, 2.24) is 0 Å². The van der Waals surface area contributed by atoms with Gasteiger partial charge in [0, 0.05) is 39.1 Å². The molecular formula is C9H10CdO3. The zero-order valence-corrected chi connectivity index (χ0v) is 11.5. The Morgan fingerprint density at radius 1 is 0.846 bits per heavy atom. The first-order chi connectivity index (χ1) is 5.72. The Hall–Kier alpha value is -0.0679. The van der Waals surface area contributed by atoms with Crippen molar-refractivity contribution in [1.29, 1.82) is 0 Å². The average molecular weight is 279 g/mol. The predicted molar refractivity (Wildman–Crippen MR) is 40.5 cm³/mol. The topological polar surface area (TPSA) is 51.2 Å². The number of ketones is 3. The van der Waals surface area contributed by atoms with Gasteiger partial charge in [-0.05, 0) is 12.8 Å². The number of hydrogen-bond acceptors (Lipinski definition) is 3. The van der Waals surface area contributed by atoms with Crippen LogP contribution in [0.2, 0.25) is 0 Å². The Kier molecular flexibility index (Phi) is 3.37. The maximum Gasteiger partial charge on any atom is 0.264 e. The summed E-state index contributed by atoms with van der Waals surface area (Å²) < 4.78 is 0. The maximum absolute atomic E-state index is 11.2. The molecule has 0 radical (unpaired) electrons. The standard InChI is InChI=1S/C9H10O3.Cd/c10-7-5-3-1-2-4-6(5)8(11)9(7)12;/h5-6H,1-4H2;. The Labute approximate surface area is 96.4 Å². The summed E-state index contributed by atoms with van der Waals surface area (Å²) >= 11 is 0. The van der Waals surface area contributed by atoms with Gasteiger partial charge in [-0.1, -0.05) is 12.8 Å². The van der Waals surface area contributed by atoms with E-state index in [9.17, 15) is 14.4 Å². The third-order valence-electron chi connectivity index (χ3n) is 2.89. The van der Waals surface area contributed by atoms with Crippen LogP contribution in [0.1, 0.15) is 25.7 Å². The minimum Gasteiger partial charge on any atom is -0.290 e. The van der Waals surface area contributed by atoms with Gasteiger partial charge in [-0.2, -0.15) is 0 Å². The molecule has 0 aromatic heterocycles. The van der Waals surface area contributed by atoms with Gasteiger partial charge in [0.05, 0.1) is 0 Å². The van der Waals surface area contributed by atoms with Crippen LogP contribution in [0, 0.1) is 11.8 Å². The van der Waals surface area contributed by atoms with Crippen molar-refractivity contribution in [3.8, 4) is 0 Å². The quantitative estimate of drug-likeness (QED) is 0.479. The van der Waals surface area contributed by atoms with Crippen molar-refractivity contribution in [2.75, 3.05) is 0 Å². The number of rotatable bonds is 0. The van der Waals surface area contributed by atoms with Gasteiger partial charge in [-0.15, -0.1) is 0 Å². The summed E-state index contributed by atoms with van der Waals surface area (Å²) in [7, 11) is 0. The Morgan fingerprint density at radius 3 is 1.62 bits per heavy atom. The molecule has 4 heteroatoms. The summed E-state index contributed by atoms with van der Waals surface area (Å²) in [5.41, 5.74) is 0. The van der Waals surface area contributed by atoms with Crippen molar-refractivity contribution in [3.05, 3.63) is 0 Å². The molecule has 2 atom stereocenters. The van der Waals surface area contributed by atoms with E-state index in [0.29, 0.717) is 0 Å². The second-order valence-electron chi connectivity index (χ2n) is 3.56. The number of fused-ring (bicyclic) bond motifs is 1. The molecule has 0 aromatic carbocycles. The van der Waals surface area contributed by atoms with E-state index in [4.69, 9.17) is 0 Å². The minimum absolute atomic E-state index is 0. The third-order valence-corrected chi connectivity index (χ3v) is 2.89.